The Morgan fingerprint density at radius 1 is 1.53 bits per heavy atom. The maximum atomic E-state index is 13.4. The van der Waals surface area contributed by atoms with E-state index in [1.807, 2.05) is 0 Å². The molecule has 1 rings (SSSR count). The molecule has 1 aliphatic rings. The van der Waals surface area contributed by atoms with E-state index in [0.29, 0.717) is 13.0 Å². The summed E-state index contributed by atoms with van der Waals surface area (Å²) in [7, 11) is 0. The third kappa shape index (κ3) is 3.18. The Morgan fingerprint density at radius 3 is 2.67 bits per heavy atom. The number of halogens is 1. The Hall–Kier alpha value is -1.13. The first-order chi connectivity index (χ1) is 6.81. The predicted molar refractivity (Wildman–Crippen MR) is 51.9 cm³/mol. The van der Waals surface area contributed by atoms with Crippen molar-refractivity contribution in [3.05, 3.63) is 0 Å². The average molecular weight is 217 g/mol. The lowest BCUT2D eigenvalue weighted by atomic mass is 9.95. The zero-order chi connectivity index (χ0) is 11.6. The number of esters is 1. The van der Waals surface area contributed by atoms with Gasteiger partial charge < -0.3 is 10.1 Å². The van der Waals surface area contributed by atoms with Crippen LogP contribution in [-0.4, -0.2) is 30.2 Å². The van der Waals surface area contributed by atoms with Crippen LogP contribution in [0, 0.1) is 5.92 Å². The van der Waals surface area contributed by atoms with Gasteiger partial charge in [0.25, 0.3) is 5.91 Å². The van der Waals surface area contributed by atoms with Crippen molar-refractivity contribution in [2.45, 2.75) is 39.0 Å². The van der Waals surface area contributed by atoms with Gasteiger partial charge in [0.15, 0.2) is 6.17 Å². The molecule has 0 saturated carbocycles. The van der Waals surface area contributed by atoms with E-state index >= 15 is 0 Å². The van der Waals surface area contributed by atoms with Crippen molar-refractivity contribution in [3.8, 4) is 0 Å². The summed E-state index contributed by atoms with van der Waals surface area (Å²) in [5.41, 5.74) is -0.648. The molecule has 0 radical (unpaired) electrons. The lowest BCUT2D eigenvalue weighted by molar-refractivity contribution is -0.165. The van der Waals surface area contributed by atoms with Crippen molar-refractivity contribution in [3.63, 3.8) is 0 Å². The number of piperidine rings is 1. The van der Waals surface area contributed by atoms with Crippen LogP contribution in [0.4, 0.5) is 4.39 Å². The SMILES string of the molecule is CC(C)(C)OC(=O)C1CCNC(=O)C1F. The second-order valence-electron chi connectivity index (χ2n) is 4.62. The number of alkyl halides is 1. The molecule has 1 heterocycles. The van der Waals surface area contributed by atoms with Gasteiger partial charge in [-0.25, -0.2) is 4.39 Å². The van der Waals surface area contributed by atoms with Gasteiger partial charge in [-0.05, 0) is 27.2 Å². The molecule has 0 aromatic carbocycles. The number of nitrogens with one attached hydrogen (secondary N) is 1. The Morgan fingerprint density at radius 2 is 2.13 bits per heavy atom. The summed E-state index contributed by atoms with van der Waals surface area (Å²) >= 11 is 0. The summed E-state index contributed by atoms with van der Waals surface area (Å²) in [5, 5.41) is 2.36. The second-order valence-corrected chi connectivity index (χ2v) is 4.62. The van der Waals surface area contributed by atoms with E-state index in [-0.39, 0.29) is 0 Å². The number of hydrogen-bond acceptors (Lipinski definition) is 3. The third-order valence-electron chi connectivity index (χ3n) is 2.07. The van der Waals surface area contributed by atoms with Crippen LogP contribution in [0.15, 0.2) is 0 Å². The van der Waals surface area contributed by atoms with Crippen LogP contribution in [0.25, 0.3) is 0 Å². The molecule has 0 bridgehead atoms. The van der Waals surface area contributed by atoms with Gasteiger partial charge in [0.2, 0.25) is 0 Å². The summed E-state index contributed by atoms with van der Waals surface area (Å²) in [5.74, 6) is -2.32. The average Bonchev–Trinajstić information content (AvgIpc) is 2.06. The van der Waals surface area contributed by atoms with Crippen molar-refractivity contribution in [2.24, 2.45) is 5.92 Å². The van der Waals surface area contributed by atoms with Crippen LogP contribution in [-0.2, 0) is 14.3 Å². The van der Waals surface area contributed by atoms with E-state index in [9.17, 15) is 14.0 Å². The molecule has 86 valence electrons. The maximum Gasteiger partial charge on any atom is 0.313 e. The van der Waals surface area contributed by atoms with Crippen LogP contribution in [0.5, 0.6) is 0 Å². The minimum Gasteiger partial charge on any atom is -0.460 e. The fraction of sp³-hybridized carbons (Fsp3) is 0.800. The van der Waals surface area contributed by atoms with Gasteiger partial charge in [-0.3, -0.25) is 9.59 Å². The third-order valence-corrected chi connectivity index (χ3v) is 2.07. The molecule has 1 N–H and O–H groups in total. The van der Waals surface area contributed by atoms with E-state index in [1.165, 1.54) is 0 Å². The van der Waals surface area contributed by atoms with Gasteiger partial charge in [0.1, 0.15) is 5.60 Å². The quantitative estimate of drug-likeness (QED) is 0.661. The maximum absolute atomic E-state index is 13.4. The molecule has 2 atom stereocenters. The molecule has 2 unspecified atom stereocenters. The molecule has 4 nitrogen and oxygen atoms in total. The normalized spacial score (nSPS) is 27.1. The summed E-state index contributed by atoms with van der Waals surface area (Å²) in [4.78, 5) is 22.5. The van der Waals surface area contributed by atoms with Crippen LogP contribution in [0.2, 0.25) is 0 Å². The molecule has 15 heavy (non-hydrogen) atoms. The second kappa shape index (κ2) is 4.16. The van der Waals surface area contributed by atoms with E-state index < -0.39 is 29.6 Å². The molecule has 1 amide bonds. The van der Waals surface area contributed by atoms with Crippen LogP contribution < -0.4 is 5.32 Å². The van der Waals surface area contributed by atoms with E-state index in [0.717, 1.165) is 0 Å². The molecular formula is C10H16FNO3. The van der Waals surface area contributed by atoms with Gasteiger partial charge in [0, 0.05) is 6.54 Å². The molecule has 0 aromatic rings. The summed E-state index contributed by atoms with van der Waals surface area (Å²) < 4.78 is 18.4. The first-order valence-electron chi connectivity index (χ1n) is 4.96. The highest BCUT2D eigenvalue weighted by molar-refractivity contribution is 5.88. The van der Waals surface area contributed by atoms with Crippen molar-refractivity contribution in [1.29, 1.82) is 0 Å². The molecular weight excluding hydrogens is 201 g/mol. The first-order valence-corrected chi connectivity index (χ1v) is 4.96. The fourth-order valence-electron chi connectivity index (χ4n) is 1.39. The molecule has 1 saturated heterocycles. The van der Waals surface area contributed by atoms with E-state index in [4.69, 9.17) is 4.74 Å². The zero-order valence-electron chi connectivity index (χ0n) is 9.17. The lowest BCUT2D eigenvalue weighted by Gasteiger charge is -2.28. The van der Waals surface area contributed by atoms with Gasteiger partial charge in [0.05, 0.1) is 5.92 Å². The minimum atomic E-state index is -1.78. The highest BCUT2D eigenvalue weighted by Gasteiger charge is 2.39. The highest BCUT2D eigenvalue weighted by Crippen LogP contribution is 2.21. The number of carbonyl (C=O) groups is 2. The van der Waals surface area contributed by atoms with E-state index in [2.05, 4.69) is 5.32 Å². The number of hydrogen-bond donors (Lipinski definition) is 1. The van der Waals surface area contributed by atoms with Crippen LogP contribution in [0.3, 0.4) is 0 Å². The van der Waals surface area contributed by atoms with Gasteiger partial charge in [-0.15, -0.1) is 0 Å². The molecule has 1 fully saturated rings. The Bertz CT molecular complexity index is 272. The predicted octanol–water partition coefficient (Wildman–Crippen LogP) is 0.802. The summed E-state index contributed by atoms with van der Waals surface area (Å²) in [6.07, 6.45) is -1.49. The zero-order valence-corrected chi connectivity index (χ0v) is 9.17. The largest absolute Gasteiger partial charge is 0.460 e. The van der Waals surface area contributed by atoms with Crippen molar-refractivity contribution in [1.82, 2.24) is 5.32 Å². The van der Waals surface area contributed by atoms with Crippen LogP contribution >= 0.6 is 0 Å². The molecule has 5 heteroatoms. The standard InChI is InChI=1S/C10H16FNO3/c1-10(2,3)15-9(14)6-4-5-12-8(13)7(6)11/h6-7H,4-5H2,1-3H3,(H,12,13). The Labute approximate surface area is 88.2 Å². The molecule has 0 aliphatic carbocycles. The van der Waals surface area contributed by atoms with Gasteiger partial charge in [-0.1, -0.05) is 0 Å². The molecule has 1 aliphatic heterocycles. The molecule has 0 spiro atoms. The Kier molecular flexibility index (Phi) is 3.31. The number of carbonyl (C=O) groups excluding carboxylic acids is 2. The van der Waals surface area contributed by atoms with Gasteiger partial charge >= 0.3 is 5.97 Å². The van der Waals surface area contributed by atoms with Crippen molar-refractivity contribution < 1.29 is 18.7 Å². The van der Waals surface area contributed by atoms with E-state index in [1.54, 1.807) is 20.8 Å². The van der Waals surface area contributed by atoms with Gasteiger partial charge in [-0.2, -0.15) is 0 Å². The highest BCUT2D eigenvalue weighted by atomic mass is 19.1. The lowest BCUT2D eigenvalue weighted by Crippen LogP contribution is -2.47. The Balaban J connectivity index is 2.63. The topological polar surface area (TPSA) is 55.4 Å². The first kappa shape index (κ1) is 11.9. The molecule has 0 aromatic heterocycles. The minimum absolute atomic E-state index is 0.293. The smallest absolute Gasteiger partial charge is 0.313 e. The van der Waals surface area contributed by atoms with Crippen molar-refractivity contribution in [2.75, 3.05) is 6.54 Å². The fourth-order valence-corrected chi connectivity index (χ4v) is 1.39. The van der Waals surface area contributed by atoms with Crippen LogP contribution in [0.1, 0.15) is 27.2 Å². The summed E-state index contributed by atoms with van der Waals surface area (Å²) in [6.45, 7) is 5.45. The number of amides is 1. The van der Waals surface area contributed by atoms with Crippen molar-refractivity contribution >= 4 is 11.9 Å². The monoisotopic (exact) mass is 217 g/mol. The summed E-state index contributed by atoms with van der Waals surface area (Å²) in [6, 6.07) is 0. The number of rotatable bonds is 1. The number of ether oxygens (including phenoxy) is 1.